The third-order valence-corrected chi connectivity index (χ3v) is 2.43. The molecule has 7 nitrogen and oxygen atoms in total. The smallest absolute Gasteiger partial charge is 0.267 e. The molecule has 2 rings (SSSR count). The predicted octanol–water partition coefficient (Wildman–Crippen LogP) is -0.890. The van der Waals surface area contributed by atoms with Crippen LogP contribution >= 0.6 is 0 Å². The fraction of sp³-hybridized carbons (Fsp3) is 0.167. The Hall–Kier alpha value is -1.70. The summed E-state index contributed by atoms with van der Waals surface area (Å²) in [6, 6.07) is 0. The average molecular weight is 213 g/mol. The van der Waals surface area contributed by atoms with E-state index < -0.39 is 9.84 Å². The number of hydrogen-bond acceptors (Lipinski definition) is 6. The van der Waals surface area contributed by atoms with Gasteiger partial charge in [0.15, 0.2) is 11.5 Å². The van der Waals surface area contributed by atoms with Crippen LogP contribution in [0.1, 0.15) is 0 Å². The summed E-state index contributed by atoms with van der Waals surface area (Å²) >= 11 is 0. The summed E-state index contributed by atoms with van der Waals surface area (Å²) in [4.78, 5) is 7.50. The van der Waals surface area contributed by atoms with Gasteiger partial charge in [0.25, 0.3) is 5.16 Å². The first-order valence-electron chi connectivity index (χ1n) is 3.65. The third kappa shape index (κ3) is 1.29. The van der Waals surface area contributed by atoms with Gasteiger partial charge in [-0.25, -0.2) is 17.9 Å². The number of nitrogens with zero attached hydrogens (tertiary/aromatic N) is 4. The molecule has 2 heterocycles. The first-order valence-corrected chi connectivity index (χ1v) is 5.54. The number of sulfone groups is 1. The zero-order chi connectivity index (χ0) is 10.3. The maximum Gasteiger partial charge on any atom is 0.267 e. The highest BCUT2D eigenvalue weighted by Crippen LogP contribution is 2.09. The fourth-order valence-electron chi connectivity index (χ4n) is 0.986. The Morgan fingerprint density at radius 1 is 1.50 bits per heavy atom. The molecule has 2 aromatic heterocycles. The van der Waals surface area contributed by atoms with Crippen LogP contribution in [0, 0.1) is 0 Å². The molecule has 0 saturated heterocycles. The van der Waals surface area contributed by atoms with E-state index in [9.17, 15) is 8.42 Å². The molecule has 0 fully saturated rings. The molecule has 0 unspecified atom stereocenters. The minimum atomic E-state index is -3.45. The van der Waals surface area contributed by atoms with Crippen molar-refractivity contribution in [3.63, 3.8) is 0 Å². The Morgan fingerprint density at radius 3 is 2.86 bits per heavy atom. The highest BCUT2D eigenvalue weighted by molar-refractivity contribution is 7.90. The van der Waals surface area contributed by atoms with Gasteiger partial charge < -0.3 is 5.73 Å². The maximum atomic E-state index is 11.1. The van der Waals surface area contributed by atoms with Crippen LogP contribution in [0.15, 0.2) is 17.6 Å². The molecule has 8 heteroatoms. The summed E-state index contributed by atoms with van der Waals surface area (Å²) in [6.07, 6.45) is 3.99. The molecular weight excluding hydrogens is 206 g/mol. The summed E-state index contributed by atoms with van der Waals surface area (Å²) in [6.45, 7) is 0. The highest BCUT2D eigenvalue weighted by atomic mass is 32.2. The van der Waals surface area contributed by atoms with Crippen molar-refractivity contribution in [3.05, 3.63) is 12.4 Å². The Bertz CT molecular complexity index is 587. The molecule has 0 radical (unpaired) electrons. The van der Waals surface area contributed by atoms with Crippen LogP contribution in [0.3, 0.4) is 0 Å². The number of imidazole rings is 1. The average Bonchev–Trinajstić information content (AvgIpc) is 2.50. The van der Waals surface area contributed by atoms with Crippen molar-refractivity contribution in [2.45, 2.75) is 5.16 Å². The molecule has 0 aliphatic heterocycles. The van der Waals surface area contributed by atoms with Crippen LogP contribution in [-0.4, -0.2) is 34.3 Å². The summed E-state index contributed by atoms with van der Waals surface area (Å²) in [5.74, 6) is 0.0467. The van der Waals surface area contributed by atoms with E-state index in [1.54, 1.807) is 0 Å². The minimum absolute atomic E-state index is 0.0467. The molecular formula is C6H7N5O2S. The molecule has 0 aliphatic rings. The number of rotatable bonds is 1. The van der Waals surface area contributed by atoms with E-state index >= 15 is 0 Å². The standard InChI is InChI=1S/C6H7N5O2S/c1-14(12,13)6-9-4(7)5-8-2-3-11(5)10-6/h2-3H,1H3,(H2,7,9,10). The predicted molar refractivity (Wildman–Crippen MR) is 48.3 cm³/mol. The van der Waals surface area contributed by atoms with Crippen molar-refractivity contribution < 1.29 is 8.42 Å². The topological polar surface area (TPSA) is 103 Å². The van der Waals surface area contributed by atoms with Crippen molar-refractivity contribution in [2.24, 2.45) is 0 Å². The lowest BCUT2D eigenvalue weighted by atomic mass is 10.7. The van der Waals surface area contributed by atoms with E-state index in [-0.39, 0.29) is 11.0 Å². The molecule has 74 valence electrons. The van der Waals surface area contributed by atoms with E-state index in [1.165, 1.54) is 16.9 Å². The molecule has 2 N–H and O–H groups in total. The van der Waals surface area contributed by atoms with Crippen molar-refractivity contribution in [2.75, 3.05) is 12.0 Å². The second-order valence-corrected chi connectivity index (χ2v) is 4.66. The van der Waals surface area contributed by atoms with Gasteiger partial charge in [0, 0.05) is 18.6 Å². The molecule has 0 aliphatic carbocycles. The van der Waals surface area contributed by atoms with E-state index in [1.807, 2.05) is 0 Å². The van der Waals surface area contributed by atoms with E-state index in [0.717, 1.165) is 6.26 Å². The molecule has 0 aromatic carbocycles. The first kappa shape index (κ1) is 8.88. The van der Waals surface area contributed by atoms with Crippen molar-refractivity contribution in [3.8, 4) is 0 Å². The summed E-state index contributed by atoms with van der Waals surface area (Å²) in [7, 11) is -3.45. The fourth-order valence-corrected chi connectivity index (χ4v) is 1.49. The lowest BCUT2D eigenvalue weighted by Crippen LogP contribution is -2.10. The van der Waals surface area contributed by atoms with E-state index in [4.69, 9.17) is 5.73 Å². The van der Waals surface area contributed by atoms with Gasteiger partial charge in [-0.05, 0) is 0 Å². The van der Waals surface area contributed by atoms with Crippen LogP contribution in [-0.2, 0) is 9.84 Å². The third-order valence-electron chi connectivity index (χ3n) is 1.59. The number of anilines is 1. The molecule has 0 atom stereocenters. The highest BCUT2D eigenvalue weighted by Gasteiger charge is 2.14. The Morgan fingerprint density at radius 2 is 2.21 bits per heavy atom. The Balaban J connectivity index is 2.83. The Kier molecular flexibility index (Phi) is 1.68. The zero-order valence-electron chi connectivity index (χ0n) is 7.25. The van der Waals surface area contributed by atoms with Crippen LogP contribution in [0.5, 0.6) is 0 Å². The molecule has 2 aromatic rings. The second-order valence-electron chi connectivity index (χ2n) is 2.75. The van der Waals surface area contributed by atoms with Crippen molar-refractivity contribution in [1.29, 1.82) is 0 Å². The van der Waals surface area contributed by atoms with Gasteiger partial charge in [-0.2, -0.15) is 4.98 Å². The molecule has 0 bridgehead atoms. The van der Waals surface area contributed by atoms with Crippen LogP contribution < -0.4 is 5.73 Å². The van der Waals surface area contributed by atoms with E-state index in [0.29, 0.717) is 5.65 Å². The van der Waals surface area contributed by atoms with E-state index in [2.05, 4.69) is 15.1 Å². The van der Waals surface area contributed by atoms with Gasteiger partial charge in [-0.1, -0.05) is 0 Å². The Labute approximate surface area is 79.5 Å². The van der Waals surface area contributed by atoms with Gasteiger partial charge in [-0.15, -0.1) is 5.10 Å². The number of nitrogen functional groups attached to an aromatic ring is 1. The van der Waals surface area contributed by atoms with Gasteiger partial charge >= 0.3 is 0 Å². The summed E-state index contributed by atoms with van der Waals surface area (Å²) in [5, 5.41) is 3.44. The van der Waals surface area contributed by atoms with Gasteiger partial charge in [0.1, 0.15) is 0 Å². The summed E-state index contributed by atoms with van der Waals surface area (Å²) < 4.78 is 23.5. The van der Waals surface area contributed by atoms with Gasteiger partial charge in [0.05, 0.1) is 0 Å². The van der Waals surface area contributed by atoms with Crippen molar-refractivity contribution >= 4 is 21.3 Å². The number of aromatic nitrogens is 4. The van der Waals surface area contributed by atoms with Crippen molar-refractivity contribution in [1.82, 2.24) is 19.6 Å². The molecule has 0 saturated carbocycles. The largest absolute Gasteiger partial charge is 0.380 e. The zero-order valence-corrected chi connectivity index (χ0v) is 8.06. The van der Waals surface area contributed by atoms with Crippen LogP contribution in [0.4, 0.5) is 5.82 Å². The van der Waals surface area contributed by atoms with Crippen LogP contribution in [0.25, 0.3) is 5.65 Å². The van der Waals surface area contributed by atoms with Gasteiger partial charge in [0.2, 0.25) is 9.84 Å². The summed E-state index contributed by atoms with van der Waals surface area (Å²) in [5.41, 5.74) is 5.84. The number of nitrogens with two attached hydrogens (primary N) is 1. The minimum Gasteiger partial charge on any atom is -0.380 e. The first-order chi connectivity index (χ1) is 6.48. The quantitative estimate of drug-likeness (QED) is 0.659. The molecule has 14 heavy (non-hydrogen) atoms. The monoisotopic (exact) mass is 213 g/mol. The van der Waals surface area contributed by atoms with Crippen LogP contribution in [0.2, 0.25) is 0 Å². The number of hydrogen-bond donors (Lipinski definition) is 1. The lowest BCUT2D eigenvalue weighted by Gasteiger charge is -1.99. The normalized spacial score (nSPS) is 12.1. The SMILES string of the molecule is CS(=O)(=O)c1nc(N)c2nccn2n1. The second kappa shape index (κ2) is 2.64. The van der Waals surface area contributed by atoms with Gasteiger partial charge in [-0.3, -0.25) is 0 Å². The number of fused-ring (bicyclic) bond motifs is 1. The molecule has 0 spiro atoms. The lowest BCUT2D eigenvalue weighted by molar-refractivity contribution is 0.588. The maximum absolute atomic E-state index is 11.1. The molecule has 0 amide bonds.